The molecule has 0 N–H and O–H groups in total. The lowest BCUT2D eigenvalue weighted by Gasteiger charge is -2.36. The minimum atomic E-state index is 0.269. The Bertz CT molecular complexity index is 1050. The van der Waals surface area contributed by atoms with Gasteiger partial charge in [-0.05, 0) is 31.4 Å². The summed E-state index contributed by atoms with van der Waals surface area (Å²) < 4.78 is 1.90. The van der Waals surface area contributed by atoms with Gasteiger partial charge in [0.1, 0.15) is 11.6 Å². The molecule has 5 rings (SSSR count). The van der Waals surface area contributed by atoms with E-state index in [9.17, 15) is 4.79 Å². The number of fused-ring (bicyclic) bond motifs is 1. The third-order valence-electron chi connectivity index (χ3n) is 6.30. The molecule has 1 aromatic carbocycles. The Kier molecular flexibility index (Phi) is 4.89. The van der Waals surface area contributed by atoms with E-state index < -0.39 is 0 Å². The molecule has 0 spiro atoms. The fourth-order valence-corrected chi connectivity index (χ4v) is 4.04. The van der Waals surface area contributed by atoms with Crippen LogP contribution in [0.15, 0.2) is 36.5 Å². The van der Waals surface area contributed by atoms with Gasteiger partial charge in [0.25, 0.3) is 0 Å². The van der Waals surface area contributed by atoms with Gasteiger partial charge in [-0.25, -0.2) is 14.6 Å². The van der Waals surface area contributed by atoms with E-state index in [1.165, 1.54) is 0 Å². The molecule has 2 aliphatic rings. The highest BCUT2D eigenvalue weighted by molar-refractivity contribution is 5.88. The number of amides is 1. The van der Waals surface area contributed by atoms with Gasteiger partial charge in [0, 0.05) is 38.0 Å². The Morgan fingerprint density at radius 3 is 2.50 bits per heavy atom. The van der Waals surface area contributed by atoms with Gasteiger partial charge in [-0.2, -0.15) is 5.10 Å². The topological polar surface area (TPSA) is 67.2 Å². The normalized spacial score (nSPS) is 18.1. The molecule has 1 unspecified atom stereocenters. The fourth-order valence-electron chi connectivity index (χ4n) is 4.04. The molecule has 7 heteroatoms. The molecular weight excluding hydrogens is 376 g/mol. The van der Waals surface area contributed by atoms with Crippen LogP contribution >= 0.6 is 0 Å². The van der Waals surface area contributed by atoms with E-state index >= 15 is 0 Å². The number of nitrogens with zero attached hydrogens (tertiary/aromatic N) is 6. The van der Waals surface area contributed by atoms with E-state index in [0.717, 1.165) is 73.8 Å². The molecule has 1 aliphatic heterocycles. The van der Waals surface area contributed by atoms with Crippen molar-refractivity contribution in [3.8, 4) is 5.69 Å². The van der Waals surface area contributed by atoms with E-state index in [4.69, 9.17) is 9.97 Å². The third-order valence-corrected chi connectivity index (χ3v) is 6.30. The van der Waals surface area contributed by atoms with Gasteiger partial charge in [-0.15, -0.1) is 0 Å². The maximum Gasteiger partial charge on any atom is 0.225 e. The van der Waals surface area contributed by atoms with Crippen molar-refractivity contribution in [1.29, 1.82) is 0 Å². The van der Waals surface area contributed by atoms with Crippen LogP contribution in [0.1, 0.15) is 44.9 Å². The number of rotatable bonds is 5. The molecule has 3 aromatic rings. The van der Waals surface area contributed by atoms with Crippen molar-refractivity contribution in [1.82, 2.24) is 24.6 Å². The Morgan fingerprint density at radius 2 is 1.83 bits per heavy atom. The number of hydrogen-bond donors (Lipinski definition) is 0. The van der Waals surface area contributed by atoms with Crippen LogP contribution in [0.2, 0.25) is 0 Å². The number of benzene rings is 1. The molecule has 1 amide bonds. The standard InChI is InChI=1S/C23H28N6O/c1-3-16(2)20-25-21(27-11-13-28(14-12-27)23(30)17-9-10-17)19-15-24-29(22(19)26-20)18-7-5-4-6-8-18/h4-8,15-17H,3,9-14H2,1-2H3. The summed E-state index contributed by atoms with van der Waals surface area (Å²) in [4.78, 5) is 26.6. The van der Waals surface area contributed by atoms with Gasteiger partial charge >= 0.3 is 0 Å². The second kappa shape index (κ2) is 7.70. The van der Waals surface area contributed by atoms with E-state index in [1.807, 2.05) is 46.1 Å². The number of carbonyl (C=O) groups excluding carboxylic acids is 1. The summed E-state index contributed by atoms with van der Waals surface area (Å²) >= 11 is 0. The average molecular weight is 405 g/mol. The minimum absolute atomic E-state index is 0.269. The van der Waals surface area contributed by atoms with Crippen LogP contribution in [0, 0.1) is 5.92 Å². The number of carbonyl (C=O) groups is 1. The van der Waals surface area contributed by atoms with Gasteiger partial charge in [-0.3, -0.25) is 4.79 Å². The first-order valence-corrected chi connectivity index (χ1v) is 11.0. The molecule has 3 heterocycles. The summed E-state index contributed by atoms with van der Waals surface area (Å²) in [7, 11) is 0. The second-order valence-corrected chi connectivity index (χ2v) is 8.43. The quantitative estimate of drug-likeness (QED) is 0.652. The van der Waals surface area contributed by atoms with Crippen LogP contribution in [0.3, 0.4) is 0 Å². The minimum Gasteiger partial charge on any atom is -0.352 e. The van der Waals surface area contributed by atoms with Crippen molar-refractivity contribution in [3.63, 3.8) is 0 Å². The number of hydrogen-bond acceptors (Lipinski definition) is 5. The van der Waals surface area contributed by atoms with Gasteiger partial charge in [0.05, 0.1) is 17.3 Å². The lowest BCUT2D eigenvalue weighted by Crippen LogP contribution is -2.49. The third kappa shape index (κ3) is 3.42. The molecule has 7 nitrogen and oxygen atoms in total. The molecule has 2 aromatic heterocycles. The Balaban J connectivity index is 1.51. The van der Waals surface area contributed by atoms with E-state index in [2.05, 4.69) is 23.8 Å². The van der Waals surface area contributed by atoms with Gasteiger partial charge in [0.15, 0.2) is 5.65 Å². The number of para-hydroxylation sites is 1. The van der Waals surface area contributed by atoms with E-state index in [1.54, 1.807) is 0 Å². The Labute approximate surface area is 176 Å². The monoisotopic (exact) mass is 404 g/mol. The molecule has 1 aliphatic carbocycles. The first-order valence-electron chi connectivity index (χ1n) is 11.0. The summed E-state index contributed by atoms with van der Waals surface area (Å²) in [6.07, 6.45) is 4.97. The molecule has 30 heavy (non-hydrogen) atoms. The first-order chi connectivity index (χ1) is 14.7. The molecule has 0 radical (unpaired) electrons. The predicted octanol–water partition coefficient (Wildman–Crippen LogP) is 3.39. The van der Waals surface area contributed by atoms with Gasteiger partial charge in [0.2, 0.25) is 5.91 Å². The van der Waals surface area contributed by atoms with Crippen molar-refractivity contribution in [2.45, 2.75) is 39.0 Å². The maximum absolute atomic E-state index is 12.4. The second-order valence-electron chi connectivity index (χ2n) is 8.43. The van der Waals surface area contributed by atoms with Gasteiger partial charge in [-0.1, -0.05) is 32.0 Å². The molecule has 1 saturated heterocycles. The molecular formula is C23H28N6O. The number of piperazine rings is 1. The molecule has 2 fully saturated rings. The van der Waals surface area contributed by atoms with Crippen LogP contribution in [0.5, 0.6) is 0 Å². The highest BCUT2D eigenvalue weighted by Crippen LogP contribution is 2.32. The molecule has 1 saturated carbocycles. The predicted molar refractivity (Wildman–Crippen MR) is 117 cm³/mol. The molecule has 1 atom stereocenters. The van der Waals surface area contributed by atoms with Crippen molar-refractivity contribution in [2.75, 3.05) is 31.1 Å². The largest absolute Gasteiger partial charge is 0.352 e. The zero-order chi connectivity index (χ0) is 20.7. The first kappa shape index (κ1) is 19.0. The van der Waals surface area contributed by atoms with Crippen LogP contribution in [-0.4, -0.2) is 56.7 Å². The molecule has 0 bridgehead atoms. The fraction of sp³-hybridized carbons (Fsp3) is 0.478. The van der Waals surface area contributed by atoms with Crippen LogP contribution in [0.25, 0.3) is 16.7 Å². The van der Waals surface area contributed by atoms with E-state index in [-0.39, 0.29) is 11.8 Å². The highest BCUT2D eigenvalue weighted by Gasteiger charge is 2.35. The summed E-state index contributed by atoms with van der Waals surface area (Å²) in [5.41, 5.74) is 1.84. The van der Waals surface area contributed by atoms with Crippen molar-refractivity contribution >= 4 is 22.8 Å². The van der Waals surface area contributed by atoms with Crippen molar-refractivity contribution < 1.29 is 4.79 Å². The van der Waals surface area contributed by atoms with Crippen LogP contribution < -0.4 is 4.90 Å². The summed E-state index contributed by atoms with van der Waals surface area (Å²) in [5, 5.41) is 5.61. The molecule has 156 valence electrons. The van der Waals surface area contributed by atoms with Crippen molar-refractivity contribution in [3.05, 3.63) is 42.4 Å². The smallest absolute Gasteiger partial charge is 0.225 e. The summed E-state index contributed by atoms with van der Waals surface area (Å²) in [6, 6.07) is 10.1. The average Bonchev–Trinajstić information content (AvgIpc) is 3.57. The van der Waals surface area contributed by atoms with E-state index in [0.29, 0.717) is 5.91 Å². The lowest BCUT2D eigenvalue weighted by molar-refractivity contribution is -0.132. The zero-order valence-electron chi connectivity index (χ0n) is 17.7. The number of anilines is 1. The number of aromatic nitrogens is 4. The zero-order valence-corrected chi connectivity index (χ0v) is 17.7. The van der Waals surface area contributed by atoms with Crippen LogP contribution in [-0.2, 0) is 4.79 Å². The van der Waals surface area contributed by atoms with Crippen LogP contribution in [0.4, 0.5) is 5.82 Å². The SMILES string of the molecule is CCC(C)c1nc(N2CCN(C(=O)C3CC3)CC2)c2cnn(-c3ccccc3)c2n1. The maximum atomic E-state index is 12.4. The Morgan fingerprint density at radius 1 is 1.10 bits per heavy atom. The highest BCUT2D eigenvalue weighted by atomic mass is 16.2. The summed E-state index contributed by atoms with van der Waals surface area (Å²) in [5.74, 6) is 2.68. The Hall–Kier alpha value is -2.96. The van der Waals surface area contributed by atoms with Crippen molar-refractivity contribution in [2.24, 2.45) is 5.92 Å². The lowest BCUT2D eigenvalue weighted by atomic mass is 10.1. The summed E-state index contributed by atoms with van der Waals surface area (Å²) in [6.45, 7) is 7.43. The van der Waals surface area contributed by atoms with Gasteiger partial charge < -0.3 is 9.80 Å².